The molecule has 2 aliphatic rings. The Hall–Kier alpha value is -1.22. The van der Waals surface area contributed by atoms with Gasteiger partial charge >= 0.3 is 0 Å². The standard InChI is InChI=1S/C16H25N3/c1-13-12-14(17)8-11-19(13)16-6-4-15(5-7-16)18-9-2-3-10-18/h4-7,13-14H,2-3,8-12,17H2,1H3. The van der Waals surface area contributed by atoms with Crippen molar-refractivity contribution in [3.05, 3.63) is 24.3 Å². The Morgan fingerprint density at radius 2 is 1.63 bits per heavy atom. The van der Waals surface area contributed by atoms with E-state index in [1.807, 2.05) is 0 Å². The molecule has 0 radical (unpaired) electrons. The summed E-state index contributed by atoms with van der Waals surface area (Å²) in [5.41, 5.74) is 8.77. The molecule has 19 heavy (non-hydrogen) atoms. The van der Waals surface area contributed by atoms with Gasteiger partial charge in [0.1, 0.15) is 0 Å². The fourth-order valence-electron chi connectivity index (χ4n) is 3.42. The fraction of sp³-hybridized carbons (Fsp3) is 0.625. The van der Waals surface area contributed by atoms with Crippen LogP contribution < -0.4 is 15.5 Å². The molecule has 2 heterocycles. The third-order valence-corrected chi connectivity index (χ3v) is 4.57. The predicted octanol–water partition coefficient (Wildman–Crippen LogP) is 2.60. The van der Waals surface area contributed by atoms with Crippen LogP contribution in [0.25, 0.3) is 0 Å². The van der Waals surface area contributed by atoms with E-state index in [-0.39, 0.29) is 0 Å². The van der Waals surface area contributed by atoms with Gasteiger partial charge in [0.2, 0.25) is 0 Å². The van der Waals surface area contributed by atoms with E-state index in [1.54, 1.807) is 0 Å². The second-order valence-electron chi connectivity index (χ2n) is 6.04. The highest BCUT2D eigenvalue weighted by molar-refractivity contribution is 5.57. The van der Waals surface area contributed by atoms with Crippen molar-refractivity contribution in [2.45, 2.75) is 44.7 Å². The molecule has 2 unspecified atom stereocenters. The van der Waals surface area contributed by atoms with Gasteiger partial charge in [-0.05, 0) is 56.9 Å². The van der Waals surface area contributed by atoms with Gasteiger partial charge in [-0.2, -0.15) is 0 Å². The van der Waals surface area contributed by atoms with Gasteiger partial charge in [0.05, 0.1) is 0 Å². The molecule has 0 aromatic heterocycles. The molecule has 3 rings (SSSR count). The first-order valence-electron chi connectivity index (χ1n) is 7.61. The Kier molecular flexibility index (Phi) is 3.65. The molecular formula is C16H25N3. The lowest BCUT2D eigenvalue weighted by Crippen LogP contribution is -2.45. The van der Waals surface area contributed by atoms with Gasteiger partial charge in [-0.15, -0.1) is 0 Å². The Balaban J connectivity index is 1.71. The van der Waals surface area contributed by atoms with E-state index < -0.39 is 0 Å². The molecule has 2 N–H and O–H groups in total. The lowest BCUT2D eigenvalue weighted by molar-refractivity contribution is 0.430. The van der Waals surface area contributed by atoms with E-state index in [9.17, 15) is 0 Å². The molecule has 104 valence electrons. The monoisotopic (exact) mass is 259 g/mol. The van der Waals surface area contributed by atoms with Crippen LogP contribution in [0.3, 0.4) is 0 Å². The van der Waals surface area contributed by atoms with Crippen molar-refractivity contribution in [2.75, 3.05) is 29.4 Å². The minimum absolute atomic E-state index is 0.384. The highest BCUT2D eigenvalue weighted by atomic mass is 15.2. The number of nitrogens with two attached hydrogens (primary N) is 1. The molecule has 1 aromatic carbocycles. The average molecular weight is 259 g/mol. The Labute approximate surface area is 116 Å². The van der Waals surface area contributed by atoms with E-state index in [2.05, 4.69) is 41.0 Å². The maximum atomic E-state index is 6.04. The quantitative estimate of drug-likeness (QED) is 0.886. The molecule has 2 fully saturated rings. The van der Waals surface area contributed by atoms with Crippen LogP contribution >= 0.6 is 0 Å². The molecule has 3 heteroatoms. The van der Waals surface area contributed by atoms with E-state index in [0.717, 1.165) is 19.4 Å². The molecule has 0 saturated carbocycles. The van der Waals surface area contributed by atoms with Crippen LogP contribution in [0.2, 0.25) is 0 Å². The van der Waals surface area contributed by atoms with Gasteiger partial charge in [-0.3, -0.25) is 0 Å². The topological polar surface area (TPSA) is 32.5 Å². The second-order valence-corrected chi connectivity index (χ2v) is 6.04. The fourth-order valence-corrected chi connectivity index (χ4v) is 3.42. The molecule has 2 aliphatic heterocycles. The first kappa shape index (κ1) is 12.8. The van der Waals surface area contributed by atoms with E-state index in [0.29, 0.717) is 12.1 Å². The van der Waals surface area contributed by atoms with Gasteiger partial charge in [-0.1, -0.05) is 0 Å². The van der Waals surface area contributed by atoms with Gasteiger partial charge in [-0.25, -0.2) is 0 Å². The summed E-state index contributed by atoms with van der Waals surface area (Å²) in [7, 11) is 0. The zero-order valence-corrected chi connectivity index (χ0v) is 11.9. The van der Waals surface area contributed by atoms with Crippen LogP contribution in [-0.4, -0.2) is 31.7 Å². The van der Waals surface area contributed by atoms with Crippen molar-refractivity contribution >= 4 is 11.4 Å². The van der Waals surface area contributed by atoms with E-state index in [4.69, 9.17) is 5.73 Å². The SMILES string of the molecule is CC1CC(N)CCN1c1ccc(N2CCCC2)cc1. The summed E-state index contributed by atoms with van der Waals surface area (Å²) in [6.45, 7) is 5.81. The summed E-state index contributed by atoms with van der Waals surface area (Å²) in [5.74, 6) is 0. The molecule has 0 bridgehead atoms. The average Bonchev–Trinajstić information content (AvgIpc) is 2.93. The van der Waals surface area contributed by atoms with E-state index >= 15 is 0 Å². The number of piperidine rings is 1. The molecule has 0 aliphatic carbocycles. The summed E-state index contributed by atoms with van der Waals surface area (Å²) >= 11 is 0. The molecular weight excluding hydrogens is 234 g/mol. The summed E-state index contributed by atoms with van der Waals surface area (Å²) in [4.78, 5) is 4.98. The van der Waals surface area contributed by atoms with Crippen molar-refractivity contribution in [3.63, 3.8) is 0 Å². The van der Waals surface area contributed by atoms with Crippen LogP contribution in [-0.2, 0) is 0 Å². The van der Waals surface area contributed by atoms with Gasteiger partial charge < -0.3 is 15.5 Å². The van der Waals surface area contributed by atoms with Crippen LogP contribution in [0.15, 0.2) is 24.3 Å². The second kappa shape index (κ2) is 5.41. The molecule has 2 saturated heterocycles. The minimum atomic E-state index is 0.384. The lowest BCUT2D eigenvalue weighted by Gasteiger charge is -2.38. The first-order chi connectivity index (χ1) is 9.24. The number of benzene rings is 1. The largest absolute Gasteiger partial charge is 0.372 e. The summed E-state index contributed by atoms with van der Waals surface area (Å²) in [6, 6.07) is 10.1. The summed E-state index contributed by atoms with van der Waals surface area (Å²) < 4.78 is 0. The molecule has 0 spiro atoms. The van der Waals surface area contributed by atoms with Crippen molar-refractivity contribution in [3.8, 4) is 0 Å². The Morgan fingerprint density at radius 1 is 1.00 bits per heavy atom. The summed E-state index contributed by atoms with van der Waals surface area (Å²) in [5, 5.41) is 0. The highest BCUT2D eigenvalue weighted by Gasteiger charge is 2.23. The first-order valence-corrected chi connectivity index (χ1v) is 7.61. The molecule has 0 amide bonds. The van der Waals surface area contributed by atoms with Crippen molar-refractivity contribution in [1.82, 2.24) is 0 Å². The number of anilines is 2. The van der Waals surface area contributed by atoms with Crippen molar-refractivity contribution in [1.29, 1.82) is 0 Å². The smallest absolute Gasteiger partial charge is 0.0370 e. The van der Waals surface area contributed by atoms with E-state index in [1.165, 1.54) is 37.3 Å². The highest BCUT2D eigenvalue weighted by Crippen LogP contribution is 2.27. The van der Waals surface area contributed by atoms with Crippen LogP contribution in [0.4, 0.5) is 11.4 Å². The van der Waals surface area contributed by atoms with Crippen molar-refractivity contribution < 1.29 is 0 Å². The third kappa shape index (κ3) is 2.71. The Bertz CT molecular complexity index is 409. The van der Waals surface area contributed by atoms with Gasteiger partial charge in [0.15, 0.2) is 0 Å². The number of nitrogens with zero attached hydrogens (tertiary/aromatic N) is 2. The third-order valence-electron chi connectivity index (χ3n) is 4.57. The Morgan fingerprint density at radius 3 is 2.26 bits per heavy atom. The van der Waals surface area contributed by atoms with Crippen LogP contribution in [0.5, 0.6) is 0 Å². The maximum absolute atomic E-state index is 6.04. The molecule has 1 aromatic rings. The molecule has 3 nitrogen and oxygen atoms in total. The van der Waals surface area contributed by atoms with Gasteiger partial charge in [0, 0.05) is 43.1 Å². The van der Waals surface area contributed by atoms with Crippen LogP contribution in [0.1, 0.15) is 32.6 Å². The molecule has 2 atom stereocenters. The van der Waals surface area contributed by atoms with Gasteiger partial charge in [0.25, 0.3) is 0 Å². The normalized spacial score (nSPS) is 27.9. The number of rotatable bonds is 2. The van der Waals surface area contributed by atoms with Crippen molar-refractivity contribution in [2.24, 2.45) is 5.73 Å². The predicted molar refractivity (Wildman–Crippen MR) is 81.9 cm³/mol. The minimum Gasteiger partial charge on any atom is -0.372 e. The lowest BCUT2D eigenvalue weighted by atomic mass is 9.98. The summed E-state index contributed by atoms with van der Waals surface area (Å²) in [6.07, 6.45) is 4.89. The number of hydrogen-bond donors (Lipinski definition) is 1. The number of hydrogen-bond acceptors (Lipinski definition) is 3. The maximum Gasteiger partial charge on any atom is 0.0370 e. The zero-order valence-electron chi connectivity index (χ0n) is 11.9. The van der Waals surface area contributed by atoms with Crippen LogP contribution in [0, 0.1) is 0 Å². The zero-order chi connectivity index (χ0) is 13.2.